The monoisotopic (exact) mass is 619 g/mol. The van der Waals surface area contributed by atoms with Crippen LogP contribution in [0.4, 0.5) is 14.5 Å². The summed E-state index contributed by atoms with van der Waals surface area (Å²) in [5.41, 5.74) is 1.80. The number of benzene rings is 4. The number of amides is 2. The van der Waals surface area contributed by atoms with Crippen molar-refractivity contribution in [3.05, 3.63) is 131 Å². The molecule has 0 aromatic heterocycles. The van der Waals surface area contributed by atoms with Gasteiger partial charge in [0.25, 0.3) is 10.0 Å². The van der Waals surface area contributed by atoms with Gasteiger partial charge in [-0.3, -0.25) is 13.9 Å². The zero-order chi connectivity index (χ0) is 31.9. The van der Waals surface area contributed by atoms with Crippen molar-refractivity contribution in [3.63, 3.8) is 0 Å². The summed E-state index contributed by atoms with van der Waals surface area (Å²) in [7, 11) is -4.43. The molecule has 0 aliphatic carbocycles. The molecular formula is C34H35F2N3O4S. The largest absolute Gasteiger partial charge is 0.352 e. The lowest BCUT2D eigenvalue weighted by Gasteiger charge is -2.34. The van der Waals surface area contributed by atoms with Gasteiger partial charge >= 0.3 is 0 Å². The molecule has 7 nitrogen and oxygen atoms in total. The van der Waals surface area contributed by atoms with Gasteiger partial charge < -0.3 is 10.2 Å². The molecule has 4 aromatic rings. The SMILES string of the molecule is Cc1ccc(S(=O)(=O)N(CC(=O)N(Cc2ccc(F)cc2)C(Cc2ccccc2)C(=O)NC(C)C)c2ccccc2F)cc1. The summed E-state index contributed by atoms with van der Waals surface area (Å²) in [6.07, 6.45) is 0.122. The Morgan fingerprint density at radius 3 is 2.02 bits per heavy atom. The number of para-hydroxylation sites is 1. The van der Waals surface area contributed by atoms with Crippen LogP contribution in [-0.2, 0) is 32.6 Å². The van der Waals surface area contributed by atoms with E-state index in [-0.39, 0.29) is 29.6 Å². The molecule has 0 bridgehead atoms. The van der Waals surface area contributed by atoms with E-state index in [4.69, 9.17) is 0 Å². The summed E-state index contributed by atoms with van der Waals surface area (Å²) >= 11 is 0. The number of halogens is 2. The van der Waals surface area contributed by atoms with Crippen LogP contribution in [-0.4, -0.2) is 43.8 Å². The third-order valence-electron chi connectivity index (χ3n) is 6.98. The molecule has 0 aliphatic heterocycles. The van der Waals surface area contributed by atoms with Crippen LogP contribution in [0.2, 0.25) is 0 Å². The van der Waals surface area contributed by atoms with Gasteiger partial charge in [0.1, 0.15) is 24.2 Å². The zero-order valence-electron chi connectivity index (χ0n) is 24.8. The number of hydrogen-bond donors (Lipinski definition) is 1. The molecule has 0 saturated heterocycles. The van der Waals surface area contributed by atoms with Gasteiger partial charge in [-0.05, 0) is 68.3 Å². The lowest BCUT2D eigenvalue weighted by Crippen LogP contribution is -2.54. The summed E-state index contributed by atoms with van der Waals surface area (Å²) in [6.45, 7) is 4.46. The molecule has 2 amide bonds. The topological polar surface area (TPSA) is 86.8 Å². The van der Waals surface area contributed by atoms with Crippen LogP contribution >= 0.6 is 0 Å². The van der Waals surface area contributed by atoms with E-state index in [1.54, 1.807) is 32.9 Å². The Balaban J connectivity index is 1.81. The predicted octanol–water partition coefficient (Wildman–Crippen LogP) is 5.63. The van der Waals surface area contributed by atoms with Gasteiger partial charge in [-0.15, -0.1) is 0 Å². The minimum atomic E-state index is -4.43. The highest BCUT2D eigenvalue weighted by Crippen LogP contribution is 2.27. The molecule has 10 heteroatoms. The number of rotatable bonds is 12. The molecule has 4 rings (SSSR count). The maximum absolute atomic E-state index is 15.2. The minimum absolute atomic E-state index is 0.122. The number of nitrogens with zero attached hydrogens (tertiary/aromatic N) is 2. The number of carbonyl (C=O) groups is 2. The molecule has 0 spiro atoms. The van der Waals surface area contributed by atoms with E-state index >= 15 is 4.39 Å². The van der Waals surface area contributed by atoms with Crippen molar-refractivity contribution in [1.82, 2.24) is 10.2 Å². The number of sulfonamides is 1. The second-order valence-corrected chi connectivity index (χ2v) is 12.7. The van der Waals surface area contributed by atoms with E-state index in [9.17, 15) is 22.4 Å². The second kappa shape index (κ2) is 14.3. The number of hydrogen-bond acceptors (Lipinski definition) is 4. The lowest BCUT2D eigenvalue weighted by atomic mass is 10.0. The molecule has 44 heavy (non-hydrogen) atoms. The molecule has 1 N–H and O–H groups in total. The average molecular weight is 620 g/mol. The highest BCUT2D eigenvalue weighted by atomic mass is 32.2. The summed E-state index contributed by atoms with van der Waals surface area (Å²) in [5.74, 6) is -2.49. The lowest BCUT2D eigenvalue weighted by molar-refractivity contribution is -0.140. The van der Waals surface area contributed by atoms with Crippen molar-refractivity contribution in [1.29, 1.82) is 0 Å². The van der Waals surface area contributed by atoms with Crippen molar-refractivity contribution in [2.45, 2.75) is 50.7 Å². The first-order valence-corrected chi connectivity index (χ1v) is 15.6. The summed E-state index contributed by atoms with van der Waals surface area (Å²) in [6, 6.07) is 24.6. The fourth-order valence-corrected chi connectivity index (χ4v) is 6.15. The Hall–Kier alpha value is -4.57. The van der Waals surface area contributed by atoms with E-state index in [2.05, 4.69) is 5.32 Å². The summed E-state index contributed by atoms with van der Waals surface area (Å²) < 4.78 is 57.6. The Kier molecular flexibility index (Phi) is 10.5. The molecular weight excluding hydrogens is 584 g/mol. The van der Waals surface area contributed by atoms with E-state index < -0.39 is 46.1 Å². The molecule has 0 heterocycles. The van der Waals surface area contributed by atoms with Crippen LogP contribution < -0.4 is 9.62 Å². The van der Waals surface area contributed by atoms with Gasteiger partial charge in [-0.25, -0.2) is 17.2 Å². The zero-order valence-corrected chi connectivity index (χ0v) is 25.6. The van der Waals surface area contributed by atoms with E-state index in [0.717, 1.165) is 21.5 Å². The molecule has 230 valence electrons. The van der Waals surface area contributed by atoms with Gasteiger partial charge in [-0.1, -0.05) is 72.3 Å². The predicted molar refractivity (Wildman–Crippen MR) is 166 cm³/mol. The Labute approximate surface area is 257 Å². The fourth-order valence-electron chi connectivity index (χ4n) is 4.73. The number of aryl methyl sites for hydroxylation is 1. The summed E-state index contributed by atoms with van der Waals surface area (Å²) in [4.78, 5) is 29.1. The van der Waals surface area contributed by atoms with Crippen molar-refractivity contribution in [2.24, 2.45) is 0 Å². The first kappa shape index (κ1) is 32.3. The van der Waals surface area contributed by atoms with Crippen molar-refractivity contribution in [2.75, 3.05) is 10.8 Å². The van der Waals surface area contributed by atoms with Gasteiger partial charge in [0.2, 0.25) is 11.8 Å². The van der Waals surface area contributed by atoms with Crippen LogP contribution in [0.5, 0.6) is 0 Å². The first-order valence-electron chi connectivity index (χ1n) is 14.2. The van der Waals surface area contributed by atoms with Crippen molar-refractivity contribution in [3.8, 4) is 0 Å². The maximum Gasteiger partial charge on any atom is 0.264 e. The Morgan fingerprint density at radius 1 is 0.795 bits per heavy atom. The standard InChI is InChI=1S/C34H35F2N3O4S/c1-24(2)37-34(41)32(21-26-9-5-4-6-10-26)38(22-27-15-17-28(35)18-16-27)33(40)23-39(31-12-8-7-11-30(31)36)44(42,43)29-19-13-25(3)14-20-29/h4-20,24,32H,21-23H2,1-3H3,(H,37,41). The van der Waals surface area contributed by atoms with Gasteiger partial charge in [0.15, 0.2) is 0 Å². The van der Waals surface area contributed by atoms with Crippen LogP contribution in [0.3, 0.4) is 0 Å². The quantitative estimate of drug-likeness (QED) is 0.223. The van der Waals surface area contributed by atoms with Gasteiger partial charge in [0, 0.05) is 19.0 Å². The average Bonchev–Trinajstić information content (AvgIpc) is 2.99. The van der Waals surface area contributed by atoms with Gasteiger partial charge in [-0.2, -0.15) is 0 Å². The molecule has 1 atom stereocenters. The number of carbonyl (C=O) groups excluding carboxylic acids is 2. The van der Waals surface area contributed by atoms with E-state index in [1.807, 2.05) is 30.3 Å². The third-order valence-corrected chi connectivity index (χ3v) is 8.75. The van der Waals surface area contributed by atoms with Crippen molar-refractivity contribution < 1.29 is 26.8 Å². The number of nitrogens with one attached hydrogen (secondary N) is 1. The van der Waals surface area contributed by atoms with Crippen LogP contribution in [0.25, 0.3) is 0 Å². The van der Waals surface area contributed by atoms with Crippen molar-refractivity contribution >= 4 is 27.5 Å². The molecule has 0 fully saturated rings. The van der Waals surface area contributed by atoms with E-state index in [1.165, 1.54) is 59.5 Å². The van der Waals surface area contributed by atoms with Crippen LogP contribution in [0, 0.1) is 18.6 Å². The molecule has 0 aliphatic rings. The van der Waals surface area contributed by atoms with Crippen LogP contribution in [0.15, 0.2) is 108 Å². The van der Waals surface area contributed by atoms with E-state index in [0.29, 0.717) is 5.56 Å². The molecule has 0 radical (unpaired) electrons. The first-order chi connectivity index (χ1) is 21.0. The van der Waals surface area contributed by atoms with Crippen LogP contribution in [0.1, 0.15) is 30.5 Å². The minimum Gasteiger partial charge on any atom is -0.352 e. The Morgan fingerprint density at radius 2 is 1.41 bits per heavy atom. The molecule has 4 aromatic carbocycles. The highest BCUT2D eigenvalue weighted by molar-refractivity contribution is 7.92. The smallest absolute Gasteiger partial charge is 0.264 e. The Bertz CT molecular complexity index is 1680. The molecule has 1 unspecified atom stereocenters. The third kappa shape index (κ3) is 8.08. The molecule has 0 saturated carbocycles. The normalized spacial score (nSPS) is 12.0. The summed E-state index contributed by atoms with van der Waals surface area (Å²) in [5, 5.41) is 2.86. The second-order valence-electron chi connectivity index (χ2n) is 10.8. The number of anilines is 1. The highest BCUT2D eigenvalue weighted by Gasteiger charge is 2.35. The van der Waals surface area contributed by atoms with Gasteiger partial charge in [0.05, 0.1) is 10.6 Å². The fraction of sp³-hybridized carbons (Fsp3) is 0.235. The maximum atomic E-state index is 15.2.